The molecule has 1 aromatic rings. The minimum Gasteiger partial charge on any atom is -0.474 e. The van der Waals surface area contributed by atoms with Gasteiger partial charge in [0, 0.05) is 31.9 Å². The van der Waals surface area contributed by atoms with Crippen molar-refractivity contribution in [2.45, 2.75) is 38.0 Å². The molecule has 4 heterocycles. The molecule has 4 aliphatic rings. The Morgan fingerprint density at radius 2 is 2.13 bits per heavy atom. The Bertz CT molecular complexity index is 1090. The van der Waals surface area contributed by atoms with Crippen LogP contribution in [0.2, 0.25) is 0 Å². The topological polar surface area (TPSA) is 83.9 Å². The molecular formula is C22H25N4O4P. The van der Waals surface area contributed by atoms with Crippen LogP contribution in [-0.2, 0) is 6.54 Å². The van der Waals surface area contributed by atoms with E-state index in [9.17, 15) is 14.4 Å². The van der Waals surface area contributed by atoms with Crippen molar-refractivity contribution in [3.63, 3.8) is 0 Å². The molecule has 2 fully saturated rings. The van der Waals surface area contributed by atoms with Gasteiger partial charge in [-0.3, -0.25) is 19.3 Å². The van der Waals surface area contributed by atoms with E-state index in [1.165, 1.54) is 6.20 Å². The van der Waals surface area contributed by atoms with Gasteiger partial charge in [0.05, 0.1) is 16.0 Å². The summed E-state index contributed by atoms with van der Waals surface area (Å²) < 4.78 is 6.98. The highest BCUT2D eigenvalue weighted by atomic mass is 31.0. The molecular weight excluding hydrogens is 415 g/mol. The fourth-order valence-electron chi connectivity index (χ4n) is 5.00. The predicted octanol–water partition coefficient (Wildman–Crippen LogP) is 1.45. The van der Waals surface area contributed by atoms with Crippen LogP contribution >= 0.6 is 9.47 Å². The van der Waals surface area contributed by atoms with Crippen molar-refractivity contribution in [1.82, 2.24) is 19.7 Å². The average molecular weight is 440 g/mol. The molecule has 9 heteroatoms. The monoisotopic (exact) mass is 440 g/mol. The van der Waals surface area contributed by atoms with E-state index in [2.05, 4.69) is 10.2 Å². The Labute approximate surface area is 182 Å². The maximum atomic E-state index is 13.2. The maximum absolute atomic E-state index is 13.2. The predicted molar refractivity (Wildman–Crippen MR) is 119 cm³/mol. The van der Waals surface area contributed by atoms with Crippen LogP contribution in [0.4, 0.5) is 0 Å². The first-order valence-corrected chi connectivity index (χ1v) is 11.1. The number of rotatable bonds is 4. The Morgan fingerprint density at radius 3 is 2.97 bits per heavy atom. The third-order valence-corrected chi connectivity index (χ3v) is 6.74. The van der Waals surface area contributed by atoms with Gasteiger partial charge in [-0.15, -0.1) is 0 Å². The van der Waals surface area contributed by atoms with Crippen molar-refractivity contribution < 1.29 is 14.1 Å². The molecule has 3 atom stereocenters. The second-order valence-corrected chi connectivity index (χ2v) is 8.52. The van der Waals surface area contributed by atoms with Crippen molar-refractivity contribution >= 4 is 21.3 Å². The molecule has 1 aliphatic carbocycles. The first-order valence-electron chi connectivity index (χ1n) is 10.6. The molecule has 3 unspecified atom stereocenters. The van der Waals surface area contributed by atoms with Gasteiger partial charge in [-0.2, -0.15) is 0 Å². The van der Waals surface area contributed by atoms with E-state index in [1.807, 2.05) is 44.7 Å². The van der Waals surface area contributed by atoms with Crippen LogP contribution < -0.4 is 15.3 Å². The summed E-state index contributed by atoms with van der Waals surface area (Å²) in [5, 5.41) is 2.82. The van der Waals surface area contributed by atoms with Gasteiger partial charge < -0.3 is 19.3 Å². The number of nitrogens with one attached hydrogen (secondary N) is 1. The zero-order valence-electron chi connectivity index (χ0n) is 17.1. The summed E-state index contributed by atoms with van der Waals surface area (Å²) >= 11 is 0. The molecule has 162 valence electrons. The van der Waals surface area contributed by atoms with E-state index in [4.69, 9.17) is 4.52 Å². The van der Waals surface area contributed by atoms with Crippen LogP contribution in [0.5, 0.6) is 5.75 Å². The zero-order valence-corrected chi connectivity index (χ0v) is 18.3. The minimum atomic E-state index is -0.574. The standard InChI is InChI=1S/C22H25N4O4P/c27-19-16(21(28)23-10-14-6-3-1-2-4-7-14)12-24-13-17-25-9-5-8-15(25)11-26(17)22(29)18(24)20(19)30-31/h1,3-4,6-7,12,15,17H,2,5,8-11,13,31H2,(H,23,28). The summed E-state index contributed by atoms with van der Waals surface area (Å²) in [6.45, 7) is 2.46. The third kappa shape index (κ3) is 3.44. The lowest BCUT2D eigenvalue weighted by atomic mass is 10.1. The lowest BCUT2D eigenvalue weighted by Gasteiger charge is -2.36. The molecule has 0 spiro atoms. The van der Waals surface area contributed by atoms with Crippen LogP contribution in [0, 0.1) is 0 Å². The number of hydrogen-bond donors (Lipinski definition) is 1. The quantitative estimate of drug-likeness (QED) is 0.717. The maximum Gasteiger partial charge on any atom is 0.275 e. The largest absolute Gasteiger partial charge is 0.474 e. The number of pyridine rings is 1. The van der Waals surface area contributed by atoms with Crippen molar-refractivity contribution in [2.75, 3.05) is 19.6 Å². The number of carbonyl (C=O) groups is 2. The second-order valence-electron chi connectivity index (χ2n) is 8.28. The number of fused-ring (bicyclic) bond motifs is 4. The Hall–Kier alpha value is -2.70. The van der Waals surface area contributed by atoms with E-state index in [0.29, 0.717) is 25.7 Å². The van der Waals surface area contributed by atoms with E-state index in [-0.39, 0.29) is 29.1 Å². The average Bonchev–Trinajstić information content (AvgIpc) is 3.25. The molecule has 2 amide bonds. The molecule has 0 radical (unpaired) electrons. The molecule has 1 aromatic heterocycles. The van der Waals surface area contributed by atoms with Crippen molar-refractivity contribution in [1.29, 1.82) is 0 Å². The molecule has 5 rings (SSSR count). The van der Waals surface area contributed by atoms with E-state index < -0.39 is 11.3 Å². The van der Waals surface area contributed by atoms with E-state index in [0.717, 1.165) is 31.4 Å². The third-order valence-electron chi connectivity index (χ3n) is 6.50. The molecule has 3 aliphatic heterocycles. The van der Waals surface area contributed by atoms with Gasteiger partial charge >= 0.3 is 0 Å². The van der Waals surface area contributed by atoms with Gasteiger partial charge in [-0.25, -0.2) is 0 Å². The Morgan fingerprint density at radius 1 is 1.26 bits per heavy atom. The Balaban J connectivity index is 1.45. The second kappa shape index (κ2) is 8.09. The van der Waals surface area contributed by atoms with Crippen molar-refractivity contribution in [2.24, 2.45) is 0 Å². The Kier molecular flexibility index (Phi) is 5.28. The van der Waals surface area contributed by atoms with Gasteiger partial charge in [-0.05, 0) is 24.8 Å². The van der Waals surface area contributed by atoms with Gasteiger partial charge in [0.25, 0.3) is 11.8 Å². The highest BCUT2D eigenvalue weighted by Crippen LogP contribution is 2.35. The zero-order chi connectivity index (χ0) is 21.5. The number of hydrogen-bond acceptors (Lipinski definition) is 5. The van der Waals surface area contributed by atoms with Crippen molar-refractivity contribution in [3.05, 3.63) is 63.6 Å². The molecule has 31 heavy (non-hydrogen) atoms. The molecule has 0 aromatic carbocycles. The molecule has 1 N–H and O–H groups in total. The summed E-state index contributed by atoms with van der Waals surface area (Å²) in [4.78, 5) is 43.3. The fraction of sp³-hybridized carbons (Fsp3) is 0.409. The van der Waals surface area contributed by atoms with Gasteiger partial charge in [0.1, 0.15) is 11.7 Å². The van der Waals surface area contributed by atoms with Gasteiger partial charge in [-0.1, -0.05) is 30.4 Å². The van der Waals surface area contributed by atoms with Crippen molar-refractivity contribution in [3.8, 4) is 5.75 Å². The molecule has 0 bridgehead atoms. The fourth-order valence-corrected chi connectivity index (χ4v) is 5.22. The highest BCUT2D eigenvalue weighted by Gasteiger charge is 2.48. The van der Waals surface area contributed by atoms with Crippen LogP contribution in [0.1, 0.15) is 40.1 Å². The minimum absolute atomic E-state index is 0.0211. The summed E-state index contributed by atoms with van der Waals surface area (Å²) in [5.41, 5.74) is 0.566. The van der Waals surface area contributed by atoms with E-state index >= 15 is 0 Å². The van der Waals surface area contributed by atoms with Crippen LogP contribution in [0.15, 0.2) is 46.9 Å². The highest BCUT2D eigenvalue weighted by molar-refractivity contribution is 7.10. The van der Waals surface area contributed by atoms with E-state index in [1.54, 1.807) is 4.57 Å². The SMILES string of the molecule is O=C(NCC1=CC=CCC=C1)c1cn2c(c(OP)c1=O)C(=O)N1CC3CCCN3C1C2. The first kappa shape index (κ1) is 20.2. The number of nitrogens with zero attached hydrogens (tertiary/aromatic N) is 3. The first-order chi connectivity index (χ1) is 15.1. The lowest BCUT2D eigenvalue weighted by Crippen LogP contribution is -2.50. The number of allylic oxidation sites excluding steroid dienone is 4. The summed E-state index contributed by atoms with van der Waals surface area (Å²) in [6, 6.07) is 0.369. The summed E-state index contributed by atoms with van der Waals surface area (Å²) in [5.74, 6) is -0.788. The van der Waals surface area contributed by atoms with Crippen LogP contribution in [0.25, 0.3) is 0 Å². The summed E-state index contributed by atoms with van der Waals surface area (Å²) in [6.07, 6.45) is 14.4. The van der Waals surface area contributed by atoms with Gasteiger partial charge in [0.15, 0.2) is 11.4 Å². The normalized spacial score (nSPS) is 24.4. The summed E-state index contributed by atoms with van der Waals surface area (Å²) in [7, 11) is 2.04. The van der Waals surface area contributed by atoms with Crippen LogP contribution in [0.3, 0.4) is 0 Å². The number of amides is 2. The smallest absolute Gasteiger partial charge is 0.275 e. The van der Waals surface area contributed by atoms with Crippen LogP contribution in [-0.4, -0.2) is 58.0 Å². The van der Waals surface area contributed by atoms with Gasteiger partial charge in [0.2, 0.25) is 5.43 Å². The molecule has 2 saturated heterocycles. The lowest BCUT2D eigenvalue weighted by molar-refractivity contribution is 0.0516. The molecule has 0 saturated carbocycles. The number of carbonyl (C=O) groups excluding carboxylic acids is 2. The molecule has 8 nitrogen and oxygen atoms in total. The number of aromatic nitrogens is 1.